The molecule has 3 rings (SSSR count). The van der Waals surface area contributed by atoms with E-state index in [1.54, 1.807) is 37.2 Å². The van der Waals surface area contributed by atoms with Gasteiger partial charge in [0, 0.05) is 27.2 Å². The molecule has 2 atom stereocenters. The van der Waals surface area contributed by atoms with Crippen LogP contribution in [0.5, 0.6) is 0 Å². The van der Waals surface area contributed by atoms with Crippen LogP contribution in [0.4, 0.5) is 10.2 Å². The minimum absolute atomic E-state index is 0.0213. The third-order valence-electron chi connectivity index (χ3n) is 5.33. The Balaban J connectivity index is 1.91. The Kier molecular flexibility index (Phi) is 5.83. The molecule has 29 heavy (non-hydrogen) atoms. The third kappa shape index (κ3) is 4.22. The number of carboxylic acids is 1. The van der Waals surface area contributed by atoms with E-state index in [1.807, 2.05) is 0 Å². The van der Waals surface area contributed by atoms with Crippen LogP contribution in [-0.4, -0.2) is 65.3 Å². The van der Waals surface area contributed by atoms with Gasteiger partial charge >= 0.3 is 5.97 Å². The summed E-state index contributed by atoms with van der Waals surface area (Å²) in [6.07, 6.45) is -0.773. The van der Waals surface area contributed by atoms with Gasteiger partial charge in [-0.3, -0.25) is 9.59 Å². The lowest BCUT2D eigenvalue weighted by atomic mass is 9.73. The molecule has 0 aliphatic carbocycles. The number of halogens is 1. The van der Waals surface area contributed by atoms with E-state index in [0.29, 0.717) is 17.9 Å². The first-order valence-electron chi connectivity index (χ1n) is 9.32. The summed E-state index contributed by atoms with van der Waals surface area (Å²) >= 11 is 0. The largest absolute Gasteiger partial charge is 0.481 e. The smallest absolute Gasteiger partial charge is 0.314 e. The molecule has 7 nitrogen and oxygen atoms in total. The molecular formula is C21H24FN3O4. The van der Waals surface area contributed by atoms with Gasteiger partial charge in [0.15, 0.2) is 0 Å². The maximum Gasteiger partial charge on any atom is 0.314 e. The number of aliphatic hydroxyl groups excluding tert-OH is 1. The number of carbonyl (C=O) groups is 2. The van der Waals surface area contributed by atoms with Crippen LogP contribution in [0.2, 0.25) is 0 Å². The summed E-state index contributed by atoms with van der Waals surface area (Å²) in [6, 6.07) is 10.6. The molecule has 0 unspecified atom stereocenters. The van der Waals surface area contributed by atoms with Crippen LogP contribution in [0, 0.1) is 11.2 Å². The first-order valence-corrected chi connectivity index (χ1v) is 9.32. The zero-order valence-corrected chi connectivity index (χ0v) is 16.4. The summed E-state index contributed by atoms with van der Waals surface area (Å²) in [6.45, 7) is 0.430. The van der Waals surface area contributed by atoms with E-state index in [4.69, 9.17) is 0 Å². The number of hydrogen-bond donors (Lipinski definition) is 2. The molecule has 2 heterocycles. The van der Waals surface area contributed by atoms with Crippen LogP contribution in [0.1, 0.15) is 22.5 Å². The molecule has 0 radical (unpaired) electrons. The Morgan fingerprint density at radius 2 is 1.93 bits per heavy atom. The highest BCUT2D eigenvalue weighted by Crippen LogP contribution is 2.36. The number of hydrogen-bond acceptors (Lipinski definition) is 5. The van der Waals surface area contributed by atoms with Gasteiger partial charge in [-0.1, -0.05) is 18.2 Å². The van der Waals surface area contributed by atoms with Crippen LogP contribution in [0.3, 0.4) is 0 Å². The number of pyridine rings is 1. The fourth-order valence-corrected chi connectivity index (χ4v) is 3.65. The van der Waals surface area contributed by atoms with Crippen molar-refractivity contribution in [3.8, 4) is 0 Å². The van der Waals surface area contributed by atoms with Crippen molar-refractivity contribution < 1.29 is 24.2 Å². The Labute approximate surface area is 168 Å². The number of amides is 1. The van der Waals surface area contributed by atoms with Crippen molar-refractivity contribution in [1.82, 2.24) is 9.88 Å². The number of carboxylic acid groups (broad SMARTS) is 1. The maximum atomic E-state index is 13.2. The molecule has 8 heteroatoms. The molecule has 1 aromatic heterocycles. The molecule has 1 aliphatic rings. The number of anilines is 1. The zero-order valence-electron chi connectivity index (χ0n) is 16.4. The molecule has 1 aromatic carbocycles. The molecule has 0 spiro atoms. The Bertz CT molecular complexity index is 903. The summed E-state index contributed by atoms with van der Waals surface area (Å²) in [7, 11) is 3.26. The molecular weight excluding hydrogens is 377 g/mol. The Hall–Kier alpha value is -3.00. The molecule has 2 N–H and O–H groups in total. The molecule has 1 saturated heterocycles. The van der Waals surface area contributed by atoms with Gasteiger partial charge in [-0.05, 0) is 42.7 Å². The number of piperidine rings is 1. The topological polar surface area (TPSA) is 94.0 Å². The van der Waals surface area contributed by atoms with Gasteiger partial charge in [0.1, 0.15) is 22.7 Å². The Morgan fingerprint density at radius 3 is 2.55 bits per heavy atom. The quantitative estimate of drug-likeness (QED) is 0.794. The van der Waals surface area contributed by atoms with E-state index >= 15 is 0 Å². The molecule has 1 aliphatic heterocycles. The minimum Gasteiger partial charge on any atom is -0.481 e. The Morgan fingerprint density at radius 1 is 1.24 bits per heavy atom. The first-order chi connectivity index (χ1) is 13.7. The molecule has 2 aromatic rings. The van der Waals surface area contributed by atoms with Gasteiger partial charge in [0.2, 0.25) is 0 Å². The van der Waals surface area contributed by atoms with E-state index in [2.05, 4.69) is 4.98 Å². The van der Waals surface area contributed by atoms with Gasteiger partial charge in [0.05, 0.1) is 6.10 Å². The van der Waals surface area contributed by atoms with Crippen molar-refractivity contribution in [3.05, 3.63) is 59.5 Å². The lowest BCUT2D eigenvalue weighted by Crippen LogP contribution is -2.57. The van der Waals surface area contributed by atoms with Crippen LogP contribution < -0.4 is 4.90 Å². The van der Waals surface area contributed by atoms with Crippen molar-refractivity contribution in [2.24, 2.45) is 5.41 Å². The SMILES string of the molecule is CN(C)C(=O)c1cccc(N2CC[C@H](O)[C@](Cc3ccc(F)cc3)(C(=O)O)C2)n1. The molecule has 0 saturated carbocycles. The standard InChI is InChI=1S/C21H24FN3O4/c1-24(2)19(27)16-4-3-5-18(23-16)25-11-10-17(26)21(13-25,20(28)29)12-14-6-8-15(22)9-7-14/h3-9,17,26H,10-13H2,1-2H3,(H,28,29)/t17-,21+/m0/s1. The van der Waals surface area contributed by atoms with Crippen molar-refractivity contribution in [1.29, 1.82) is 0 Å². The second-order valence-electron chi connectivity index (χ2n) is 7.57. The number of nitrogens with zero attached hydrogens (tertiary/aromatic N) is 3. The second-order valence-corrected chi connectivity index (χ2v) is 7.57. The number of aromatic nitrogens is 1. The highest BCUT2D eigenvalue weighted by Gasteiger charge is 2.49. The normalized spacial score (nSPS) is 21.7. The van der Waals surface area contributed by atoms with Crippen LogP contribution in [-0.2, 0) is 11.2 Å². The van der Waals surface area contributed by atoms with Gasteiger partial charge in [-0.25, -0.2) is 9.37 Å². The average Bonchev–Trinajstić information content (AvgIpc) is 2.70. The molecule has 0 bridgehead atoms. The average molecular weight is 401 g/mol. The monoisotopic (exact) mass is 401 g/mol. The van der Waals surface area contributed by atoms with Gasteiger partial charge in [0.25, 0.3) is 5.91 Å². The van der Waals surface area contributed by atoms with Crippen molar-refractivity contribution in [2.45, 2.75) is 18.9 Å². The second kappa shape index (κ2) is 8.16. The highest BCUT2D eigenvalue weighted by molar-refractivity contribution is 5.92. The number of benzene rings is 1. The molecule has 154 valence electrons. The van der Waals surface area contributed by atoms with Crippen LogP contribution >= 0.6 is 0 Å². The summed E-state index contributed by atoms with van der Waals surface area (Å²) in [5.41, 5.74) is -0.587. The van der Waals surface area contributed by atoms with Crippen molar-refractivity contribution in [3.63, 3.8) is 0 Å². The highest BCUT2D eigenvalue weighted by atomic mass is 19.1. The van der Waals surface area contributed by atoms with E-state index in [1.165, 1.54) is 29.2 Å². The lowest BCUT2D eigenvalue weighted by Gasteiger charge is -2.44. The van der Waals surface area contributed by atoms with Gasteiger partial charge < -0.3 is 20.0 Å². The number of aliphatic hydroxyl groups is 1. The summed E-state index contributed by atoms with van der Waals surface area (Å²) in [4.78, 5) is 32.1. The van der Waals surface area contributed by atoms with E-state index < -0.39 is 23.3 Å². The minimum atomic E-state index is -1.47. The third-order valence-corrected chi connectivity index (χ3v) is 5.33. The predicted molar refractivity (Wildman–Crippen MR) is 105 cm³/mol. The number of carbonyl (C=O) groups excluding carboxylic acids is 1. The van der Waals surface area contributed by atoms with Gasteiger partial charge in [-0.15, -0.1) is 0 Å². The number of aliphatic carboxylic acids is 1. The van der Waals surface area contributed by atoms with Gasteiger partial charge in [-0.2, -0.15) is 0 Å². The molecule has 1 amide bonds. The summed E-state index contributed by atoms with van der Waals surface area (Å²) < 4.78 is 13.2. The lowest BCUT2D eigenvalue weighted by molar-refractivity contribution is -0.157. The van der Waals surface area contributed by atoms with Crippen molar-refractivity contribution >= 4 is 17.7 Å². The zero-order chi connectivity index (χ0) is 21.2. The summed E-state index contributed by atoms with van der Waals surface area (Å²) in [5, 5.41) is 20.6. The fourth-order valence-electron chi connectivity index (χ4n) is 3.65. The predicted octanol–water partition coefficient (Wildman–Crippen LogP) is 1.81. The van der Waals surface area contributed by atoms with E-state index in [0.717, 1.165) is 0 Å². The fraction of sp³-hybridized carbons (Fsp3) is 0.381. The molecule has 1 fully saturated rings. The van der Waals surface area contributed by atoms with Crippen LogP contribution in [0.25, 0.3) is 0 Å². The maximum absolute atomic E-state index is 13.2. The van der Waals surface area contributed by atoms with Crippen LogP contribution in [0.15, 0.2) is 42.5 Å². The number of rotatable bonds is 5. The first kappa shape index (κ1) is 20.7. The summed E-state index contributed by atoms with van der Waals surface area (Å²) in [5.74, 6) is -1.30. The van der Waals surface area contributed by atoms with Crippen molar-refractivity contribution in [2.75, 3.05) is 32.1 Å². The van der Waals surface area contributed by atoms with E-state index in [-0.39, 0.29) is 31.0 Å². The van der Waals surface area contributed by atoms with E-state index in [9.17, 15) is 24.2 Å².